The van der Waals surface area contributed by atoms with Crippen LogP contribution in [0.25, 0.3) is 0 Å². The molecule has 0 saturated carbocycles. The molecule has 0 fully saturated rings. The summed E-state index contributed by atoms with van der Waals surface area (Å²) in [6, 6.07) is 16.8. The van der Waals surface area contributed by atoms with E-state index in [-0.39, 0.29) is 27.5 Å². The molecule has 0 atom stereocenters. The minimum Gasteiger partial charge on any atom is -0.493 e. The second kappa shape index (κ2) is 10.8. The summed E-state index contributed by atoms with van der Waals surface area (Å²) < 4.78 is 42.6. The van der Waals surface area contributed by atoms with Gasteiger partial charge in [-0.15, -0.1) is 0 Å². The van der Waals surface area contributed by atoms with Crippen molar-refractivity contribution in [2.24, 2.45) is 0 Å². The molecule has 0 radical (unpaired) electrons. The molecule has 0 saturated heterocycles. The lowest BCUT2D eigenvalue weighted by Gasteiger charge is -2.19. The van der Waals surface area contributed by atoms with Crippen molar-refractivity contribution < 1.29 is 32.2 Å². The molecule has 0 unspecified atom stereocenters. The van der Waals surface area contributed by atoms with E-state index < -0.39 is 21.8 Å². The molecule has 2 amide bonds. The van der Waals surface area contributed by atoms with Crippen LogP contribution in [-0.4, -0.2) is 48.6 Å². The first-order valence-electron chi connectivity index (χ1n) is 10.3. The fourth-order valence-corrected chi connectivity index (χ4v) is 4.38. The first-order chi connectivity index (χ1) is 16.7. The van der Waals surface area contributed by atoms with Gasteiger partial charge < -0.3 is 14.2 Å². The number of methoxy groups -OCH3 is 3. The molecule has 10 nitrogen and oxygen atoms in total. The van der Waals surface area contributed by atoms with Gasteiger partial charge in [0.05, 0.1) is 31.9 Å². The van der Waals surface area contributed by atoms with Crippen molar-refractivity contribution in [3.8, 4) is 17.2 Å². The van der Waals surface area contributed by atoms with Gasteiger partial charge in [0.15, 0.2) is 11.5 Å². The van der Waals surface area contributed by atoms with Gasteiger partial charge >= 0.3 is 0 Å². The Morgan fingerprint density at radius 1 is 0.743 bits per heavy atom. The summed E-state index contributed by atoms with van der Waals surface area (Å²) in [5.41, 5.74) is 5.41. The molecule has 3 aromatic carbocycles. The lowest BCUT2D eigenvalue weighted by Crippen LogP contribution is -2.41. The van der Waals surface area contributed by atoms with E-state index in [2.05, 4.69) is 10.9 Å². The van der Waals surface area contributed by atoms with Crippen molar-refractivity contribution in [1.29, 1.82) is 0 Å². The van der Waals surface area contributed by atoms with Gasteiger partial charge in [-0.3, -0.25) is 24.7 Å². The zero-order valence-corrected chi connectivity index (χ0v) is 20.4. The van der Waals surface area contributed by atoms with Crippen molar-refractivity contribution in [3.63, 3.8) is 0 Å². The summed E-state index contributed by atoms with van der Waals surface area (Å²) in [5.74, 6) is -0.378. The van der Waals surface area contributed by atoms with Crippen LogP contribution in [-0.2, 0) is 10.0 Å². The molecule has 35 heavy (non-hydrogen) atoms. The normalized spacial score (nSPS) is 10.7. The minimum atomic E-state index is -3.82. The standard InChI is InChI=1S/C24H25N3O7S/c1-27(18-8-6-5-7-9-18)35(30,31)19-12-10-16(11-13-19)23(28)25-26-24(29)17-14-20(32-2)22(34-4)21(15-17)33-3/h5-15H,1-4H3,(H,25,28)(H,26,29). The summed E-state index contributed by atoms with van der Waals surface area (Å²) in [4.78, 5) is 25.1. The molecule has 184 valence electrons. The Labute approximate surface area is 203 Å². The number of carbonyl (C=O) groups excluding carboxylic acids is 2. The summed E-state index contributed by atoms with van der Waals surface area (Å²) in [6.07, 6.45) is 0. The van der Waals surface area contributed by atoms with Gasteiger partial charge in [-0.05, 0) is 48.5 Å². The van der Waals surface area contributed by atoms with Gasteiger partial charge in [-0.1, -0.05) is 18.2 Å². The van der Waals surface area contributed by atoms with E-state index in [1.54, 1.807) is 30.3 Å². The van der Waals surface area contributed by atoms with Crippen molar-refractivity contribution in [1.82, 2.24) is 10.9 Å². The molecule has 3 aromatic rings. The highest BCUT2D eigenvalue weighted by Crippen LogP contribution is 2.38. The monoisotopic (exact) mass is 499 g/mol. The maximum atomic E-state index is 12.9. The molecule has 0 heterocycles. The fraction of sp³-hybridized carbons (Fsp3) is 0.167. The summed E-state index contributed by atoms with van der Waals surface area (Å²) in [7, 11) is 1.91. The number of anilines is 1. The van der Waals surface area contributed by atoms with Crippen molar-refractivity contribution in [3.05, 3.63) is 77.9 Å². The maximum Gasteiger partial charge on any atom is 0.269 e. The first kappa shape index (κ1) is 25.4. The third-order valence-corrected chi connectivity index (χ3v) is 6.91. The predicted octanol–water partition coefficient (Wildman–Crippen LogP) is 2.61. The lowest BCUT2D eigenvalue weighted by atomic mass is 10.1. The number of sulfonamides is 1. The van der Waals surface area contributed by atoms with Crippen LogP contribution in [0.3, 0.4) is 0 Å². The van der Waals surface area contributed by atoms with Gasteiger partial charge in [0.2, 0.25) is 5.75 Å². The van der Waals surface area contributed by atoms with Crippen LogP contribution in [0.2, 0.25) is 0 Å². The average Bonchev–Trinajstić information content (AvgIpc) is 2.90. The summed E-state index contributed by atoms with van der Waals surface area (Å²) in [6.45, 7) is 0. The third-order valence-electron chi connectivity index (χ3n) is 5.11. The Hall–Kier alpha value is -4.25. The summed E-state index contributed by atoms with van der Waals surface area (Å²) >= 11 is 0. The fourth-order valence-electron chi connectivity index (χ4n) is 3.18. The van der Waals surface area contributed by atoms with Crippen LogP contribution in [0.5, 0.6) is 17.2 Å². The number of hydrazine groups is 1. The van der Waals surface area contributed by atoms with E-state index in [0.717, 1.165) is 4.31 Å². The van der Waals surface area contributed by atoms with E-state index in [1.165, 1.54) is 64.8 Å². The van der Waals surface area contributed by atoms with Crippen molar-refractivity contribution in [2.45, 2.75) is 4.90 Å². The molecule has 0 aromatic heterocycles. The average molecular weight is 500 g/mol. The van der Waals surface area contributed by atoms with Crippen molar-refractivity contribution in [2.75, 3.05) is 32.7 Å². The number of benzene rings is 3. The van der Waals surface area contributed by atoms with Gasteiger partial charge in [0.1, 0.15) is 0 Å². The summed E-state index contributed by atoms with van der Waals surface area (Å²) in [5, 5.41) is 0. The zero-order chi connectivity index (χ0) is 25.6. The number of carbonyl (C=O) groups is 2. The van der Waals surface area contributed by atoms with Gasteiger partial charge in [-0.2, -0.15) is 0 Å². The highest BCUT2D eigenvalue weighted by atomic mass is 32.2. The molecule has 0 aliphatic heterocycles. The Kier molecular flexibility index (Phi) is 7.82. The highest BCUT2D eigenvalue weighted by Gasteiger charge is 2.22. The molecule has 0 spiro atoms. The van der Waals surface area contributed by atoms with Gasteiger partial charge in [0, 0.05) is 18.2 Å². The molecular formula is C24H25N3O7S. The Morgan fingerprint density at radius 3 is 1.74 bits per heavy atom. The molecule has 0 aliphatic carbocycles. The van der Waals surface area contributed by atoms with Crippen LogP contribution in [0.1, 0.15) is 20.7 Å². The van der Waals surface area contributed by atoms with Crippen LogP contribution in [0, 0.1) is 0 Å². The van der Waals surface area contributed by atoms with Crippen LogP contribution in [0.4, 0.5) is 5.69 Å². The quantitative estimate of drug-likeness (QED) is 0.457. The Balaban J connectivity index is 1.70. The number of nitrogens with one attached hydrogen (secondary N) is 2. The van der Waals surface area contributed by atoms with Gasteiger partial charge in [0.25, 0.3) is 21.8 Å². The van der Waals surface area contributed by atoms with Crippen LogP contribution >= 0.6 is 0 Å². The molecule has 2 N–H and O–H groups in total. The number of amides is 2. The van der Waals surface area contributed by atoms with E-state index in [0.29, 0.717) is 11.4 Å². The number of hydrogen-bond acceptors (Lipinski definition) is 7. The molecule has 3 rings (SSSR count). The Morgan fingerprint density at radius 2 is 1.26 bits per heavy atom. The van der Waals surface area contributed by atoms with E-state index in [9.17, 15) is 18.0 Å². The largest absolute Gasteiger partial charge is 0.493 e. The van der Waals surface area contributed by atoms with E-state index in [4.69, 9.17) is 14.2 Å². The minimum absolute atomic E-state index is 0.0156. The highest BCUT2D eigenvalue weighted by molar-refractivity contribution is 7.92. The molecule has 0 aliphatic rings. The van der Waals surface area contributed by atoms with E-state index >= 15 is 0 Å². The van der Waals surface area contributed by atoms with E-state index in [1.807, 2.05) is 0 Å². The Bertz CT molecular complexity index is 1290. The lowest BCUT2D eigenvalue weighted by molar-refractivity contribution is 0.0846. The SMILES string of the molecule is COc1cc(C(=O)NNC(=O)c2ccc(S(=O)(=O)N(C)c3ccccc3)cc2)cc(OC)c1OC. The zero-order valence-electron chi connectivity index (χ0n) is 19.6. The molecular weight excluding hydrogens is 474 g/mol. The second-order valence-corrected chi connectivity index (χ2v) is 9.12. The third kappa shape index (κ3) is 5.46. The number of rotatable bonds is 8. The van der Waals surface area contributed by atoms with Gasteiger partial charge in [-0.25, -0.2) is 8.42 Å². The number of nitrogens with zero attached hydrogens (tertiary/aromatic N) is 1. The number of hydrogen-bond donors (Lipinski definition) is 2. The molecule has 11 heteroatoms. The van der Waals surface area contributed by atoms with Crippen LogP contribution in [0.15, 0.2) is 71.6 Å². The van der Waals surface area contributed by atoms with Crippen LogP contribution < -0.4 is 29.4 Å². The smallest absolute Gasteiger partial charge is 0.269 e. The molecule has 0 bridgehead atoms. The first-order valence-corrected chi connectivity index (χ1v) is 11.7. The number of para-hydroxylation sites is 1. The van der Waals surface area contributed by atoms with Crippen molar-refractivity contribution >= 4 is 27.5 Å². The second-order valence-electron chi connectivity index (χ2n) is 7.15. The number of ether oxygens (including phenoxy) is 3. The topological polar surface area (TPSA) is 123 Å². The predicted molar refractivity (Wildman–Crippen MR) is 130 cm³/mol. The maximum absolute atomic E-state index is 12.9.